The van der Waals surface area contributed by atoms with Crippen LogP contribution in [0.25, 0.3) is 0 Å². The average molecular weight is 396 g/mol. The molecule has 2 rings (SSSR count). The third-order valence-electron chi connectivity index (χ3n) is 3.61. The number of likely N-dealkylation sites (N-methyl/N-ethyl adjacent to an activating group) is 1. The van der Waals surface area contributed by atoms with Crippen LogP contribution in [0.1, 0.15) is 19.4 Å². The summed E-state index contributed by atoms with van der Waals surface area (Å²) in [4.78, 5) is 30.2. The van der Waals surface area contributed by atoms with Gasteiger partial charge in [0.2, 0.25) is 6.23 Å². The van der Waals surface area contributed by atoms with Crippen LogP contribution in [-0.2, 0) is 20.4 Å². The van der Waals surface area contributed by atoms with Gasteiger partial charge in [0.25, 0.3) is 0 Å². The maximum Gasteiger partial charge on any atom is 0.416 e. The van der Waals surface area contributed by atoms with Crippen molar-refractivity contribution in [2.24, 2.45) is 0 Å². The highest BCUT2D eigenvalue weighted by atomic mass is 35.5. The van der Waals surface area contributed by atoms with Gasteiger partial charge in [0.1, 0.15) is 11.2 Å². The molecular formula is C15H17ClF3N3O4. The Morgan fingerprint density at radius 2 is 2.08 bits per heavy atom. The molecule has 11 heteroatoms. The molecule has 7 nitrogen and oxygen atoms in total. The first-order valence-electron chi connectivity index (χ1n) is 7.63. The van der Waals surface area contributed by atoms with Gasteiger partial charge in [-0.2, -0.15) is 13.2 Å². The van der Waals surface area contributed by atoms with E-state index < -0.39 is 41.6 Å². The number of carbonyl (C=O) groups is 2. The van der Waals surface area contributed by atoms with Crippen molar-refractivity contribution in [2.75, 3.05) is 18.6 Å². The zero-order valence-corrected chi connectivity index (χ0v) is 14.9. The largest absolute Gasteiger partial charge is 0.435 e. The zero-order chi connectivity index (χ0) is 19.6. The minimum atomic E-state index is -4.62. The van der Waals surface area contributed by atoms with E-state index in [0.29, 0.717) is 6.07 Å². The van der Waals surface area contributed by atoms with Crippen LogP contribution < -0.4 is 4.90 Å². The Balaban J connectivity index is 2.45. The number of ether oxygens (including phenoxy) is 2. The molecule has 1 aromatic rings. The van der Waals surface area contributed by atoms with Crippen molar-refractivity contribution in [2.45, 2.75) is 37.9 Å². The summed E-state index contributed by atoms with van der Waals surface area (Å²) < 4.78 is 49.5. The predicted octanol–water partition coefficient (Wildman–Crippen LogP) is 2.83. The lowest BCUT2D eigenvalue weighted by molar-refractivity contribution is -0.159. The summed E-state index contributed by atoms with van der Waals surface area (Å²) in [6.45, 7) is 3.20. The number of halogens is 4. The average Bonchev–Trinajstić information content (AvgIpc) is 2.79. The third kappa shape index (κ3) is 4.01. The Bertz CT molecular complexity index is 686. The number of hydrogen-bond acceptors (Lipinski definition) is 5. The van der Waals surface area contributed by atoms with Gasteiger partial charge in [0, 0.05) is 19.9 Å². The lowest BCUT2D eigenvalue weighted by Crippen LogP contribution is -2.43. The Morgan fingerprint density at radius 1 is 1.42 bits per heavy atom. The molecule has 1 aromatic heterocycles. The van der Waals surface area contributed by atoms with Crippen LogP contribution >= 0.6 is 11.6 Å². The summed E-state index contributed by atoms with van der Waals surface area (Å²) in [7, 11) is 1.38. The van der Waals surface area contributed by atoms with Crippen molar-refractivity contribution in [3.8, 4) is 0 Å². The van der Waals surface area contributed by atoms with E-state index in [1.165, 1.54) is 14.0 Å². The fourth-order valence-electron chi connectivity index (χ4n) is 2.35. The fourth-order valence-corrected chi connectivity index (χ4v) is 2.40. The van der Waals surface area contributed by atoms with Crippen LogP contribution in [0.15, 0.2) is 18.3 Å². The molecule has 0 radical (unpaired) electrons. The minimum absolute atomic E-state index is 0.177. The smallest absolute Gasteiger partial charge is 0.416 e. The van der Waals surface area contributed by atoms with Gasteiger partial charge in [-0.25, -0.2) is 14.7 Å². The molecule has 3 atom stereocenters. The molecule has 1 aliphatic heterocycles. The monoisotopic (exact) mass is 395 g/mol. The second-order valence-electron chi connectivity index (χ2n) is 5.45. The lowest BCUT2D eigenvalue weighted by atomic mass is 10.2. The molecule has 144 valence electrons. The van der Waals surface area contributed by atoms with Crippen molar-refractivity contribution >= 4 is 29.4 Å². The van der Waals surface area contributed by atoms with Crippen LogP contribution in [0.5, 0.6) is 0 Å². The topological polar surface area (TPSA) is 72.0 Å². The molecule has 2 amide bonds. The van der Waals surface area contributed by atoms with Crippen LogP contribution in [0.2, 0.25) is 0 Å². The Morgan fingerprint density at radius 3 is 2.62 bits per heavy atom. The third-order valence-corrected chi connectivity index (χ3v) is 3.78. The molecular weight excluding hydrogens is 379 g/mol. The van der Waals surface area contributed by atoms with E-state index in [0.717, 1.165) is 22.1 Å². The summed E-state index contributed by atoms with van der Waals surface area (Å²) in [5.74, 6) is -1.17. The summed E-state index contributed by atoms with van der Waals surface area (Å²) in [5.41, 5.74) is -0.992. The number of nitrogens with zero attached hydrogens (tertiary/aromatic N) is 3. The molecule has 26 heavy (non-hydrogen) atoms. The second kappa shape index (κ2) is 7.67. The number of esters is 1. The molecule has 3 unspecified atom stereocenters. The number of alkyl halides is 4. The SMILES string of the molecule is CCOC1C(OC(=O)C(C)Cl)N(c2cc(C(F)(F)F)ccn2)C(=O)N1C. The van der Waals surface area contributed by atoms with Gasteiger partial charge < -0.3 is 9.47 Å². The molecule has 1 aliphatic rings. The number of hydrogen-bond donors (Lipinski definition) is 0. The zero-order valence-electron chi connectivity index (χ0n) is 14.2. The van der Waals surface area contributed by atoms with Crippen molar-refractivity contribution < 1.29 is 32.2 Å². The number of amides is 2. The van der Waals surface area contributed by atoms with Gasteiger partial charge in [-0.1, -0.05) is 0 Å². The molecule has 0 bridgehead atoms. The van der Waals surface area contributed by atoms with Gasteiger partial charge in [0.05, 0.1) is 5.56 Å². The highest BCUT2D eigenvalue weighted by Crippen LogP contribution is 2.34. The number of carbonyl (C=O) groups excluding carboxylic acids is 2. The van der Waals surface area contributed by atoms with E-state index in [-0.39, 0.29) is 12.4 Å². The maximum absolute atomic E-state index is 13.0. The first-order chi connectivity index (χ1) is 12.1. The number of pyridine rings is 1. The molecule has 0 saturated carbocycles. The van der Waals surface area contributed by atoms with Gasteiger partial charge in [-0.05, 0) is 26.0 Å². The lowest BCUT2D eigenvalue weighted by Gasteiger charge is -2.26. The Hall–Kier alpha value is -2.07. The van der Waals surface area contributed by atoms with E-state index in [2.05, 4.69) is 4.98 Å². The van der Waals surface area contributed by atoms with E-state index in [9.17, 15) is 22.8 Å². The number of anilines is 1. The number of rotatable bonds is 5. The molecule has 0 N–H and O–H groups in total. The van der Waals surface area contributed by atoms with Gasteiger partial charge >= 0.3 is 18.2 Å². The second-order valence-corrected chi connectivity index (χ2v) is 6.11. The maximum atomic E-state index is 13.0. The normalized spacial score (nSPS) is 21.9. The predicted molar refractivity (Wildman–Crippen MR) is 85.5 cm³/mol. The highest BCUT2D eigenvalue weighted by Gasteiger charge is 2.49. The summed E-state index contributed by atoms with van der Waals surface area (Å²) in [6.07, 6.45) is -6.06. The Kier molecular flexibility index (Phi) is 5.97. The van der Waals surface area contributed by atoms with Crippen molar-refractivity contribution in [1.82, 2.24) is 9.88 Å². The van der Waals surface area contributed by atoms with Crippen molar-refractivity contribution in [3.63, 3.8) is 0 Å². The number of urea groups is 1. The van der Waals surface area contributed by atoms with Gasteiger partial charge in [-0.3, -0.25) is 9.69 Å². The van der Waals surface area contributed by atoms with Gasteiger partial charge in [0.15, 0.2) is 6.23 Å². The summed E-state index contributed by atoms with van der Waals surface area (Å²) in [5, 5.41) is -1.02. The van der Waals surface area contributed by atoms with Gasteiger partial charge in [-0.15, -0.1) is 11.6 Å². The van der Waals surface area contributed by atoms with E-state index in [1.807, 2.05) is 0 Å². The van der Waals surface area contributed by atoms with Crippen LogP contribution in [-0.4, -0.2) is 53.4 Å². The molecule has 0 spiro atoms. The molecule has 1 saturated heterocycles. The van der Waals surface area contributed by atoms with E-state index in [1.54, 1.807) is 6.92 Å². The quantitative estimate of drug-likeness (QED) is 0.566. The standard InChI is InChI=1S/C15H17ClF3N3O4/c1-4-25-11-12(26-13(23)8(2)16)22(14(24)21(11)3)10-7-9(5-6-20-10)15(17,18)19/h5-8,11-12H,4H2,1-3H3. The van der Waals surface area contributed by atoms with Crippen LogP contribution in [0, 0.1) is 0 Å². The fraction of sp³-hybridized carbons (Fsp3) is 0.533. The first-order valence-corrected chi connectivity index (χ1v) is 8.07. The van der Waals surface area contributed by atoms with E-state index >= 15 is 0 Å². The first kappa shape index (κ1) is 20.2. The molecule has 1 fully saturated rings. The molecule has 0 aliphatic carbocycles. The van der Waals surface area contributed by atoms with E-state index in [4.69, 9.17) is 21.1 Å². The highest BCUT2D eigenvalue weighted by molar-refractivity contribution is 6.29. The molecule has 0 aromatic carbocycles. The summed E-state index contributed by atoms with van der Waals surface area (Å²) >= 11 is 5.69. The minimum Gasteiger partial charge on any atom is -0.435 e. The summed E-state index contributed by atoms with van der Waals surface area (Å²) in [6, 6.07) is 0.746. The van der Waals surface area contributed by atoms with Crippen LogP contribution in [0.4, 0.5) is 23.8 Å². The Labute approximate surface area is 152 Å². The molecule has 2 heterocycles. The van der Waals surface area contributed by atoms with Crippen molar-refractivity contribution in [1.29, 1.82) is 0 Å². The van der Waals surface area contributed by atoms with Crippen LogP contribution in [0.3, 0.4) is 0 Å². The number of aromatic nitrogens is 1. The van der Waals surface area contributed by atoms with Crippen molar-refractivity contribution in [3.05, 3.63) is 23.9 Å².